The van der Waals surface area contributed by atoms with Crippen LogP contribution in [0.15, 0.2) is 42.5 Å². The lowest BCUT2D eigenvalue weighted by Gasteiger charge is -2.35. The second-order valence-corrected chi connectivity index (χ2v) is 8.84. The highest BCUT2D eigenvalue weighted by Crippen LogP contribution is 2.33. The molecule has 0 radical (unpaired) electrons. The molecule has 1 saturated heterocycles. The standard InChI is InChI=1S/C25H29FN4O2/c26-21-7-1-5-20(18-21)24(31)29-13-10-27(11-14-29)12-15-30-17-16-28-9-3-6-19-4-2-8-22(23(19)28)25(30)32/h1-2,4-5,7-8,18H,3,6,9-17H2. The Bertz CT molecular complexity index is 1020. The van der Waals surface area contributed by atoms with Crippen LogP contribution in [0.2, 0.25) is 0 Å². The molecule has 2 aromatic rings. The number of benzene rings is 2. The van der Waals surface area contributed by atoms with Gasteiger partial charge in [-0.25, -0.2) is 4.39 Å². The molecule has 0 bridgehead atoms. The van der Waals surface area contributed by atoms with Crippen LogP contribution in [0, 0.1) is 5.82 Å². The fourth-order valence-corrected chi connectivity index (χ4v) is 5.10. The summed E-state index contributed by atoms with van der Waals surface area (Å²) in [6, 6.07) is 12.0. The molecule has 5 rings (SSSR count). The van der Waals surface area contributed by atoms with Crippen molar-refractivity contribution in [3.8, 4) is 0 Å². The van der Waals surface area contributed by atoms with Gasteiger partial charge in [0, 0.05) is 64.5 Å². The normalized spacial score (nSPS) is 19.0. The number of aryl methyl sites for hydroxylation is 1. The van der Waals surface area contributed by atoms with E-state index in [-0.39, 0.29) is 17.6 Å². The minimum Gasteiger partial charge on any atom is -0.369 e. The summed E-state index contributed by atoms with van der Waals surface area (Å²) < 4.78 is 13.4. The highest BCUT2D eigenvalue weighted by molar-refractivity contribution is 6.01. The van der Waals surface area contributed by atoms with Crippen molar-refractivity contribution in [3.05, 3.63) is 65.0 Å². The summed E-state index contributed by atoms with van der Waals surface area (Å²) in [7, 11) is 0. The average Bonchev–Trinajstić information content (AvgIpc) is 2.96. The largest absolute Gasteiger partial charge is 0.369 e. The van der Waals surface area contributed by atoms with Crippen molar-refractivity contribution in [1.29, 1.82) is 0 Å². The number of carbonyl (C=O) groups is 2. The first-order valence-corrected chi connectivity index (χ1v) is 11.5. The zero-order valence-corrected chi connectivity index (χ0v) is 18.3. The van der Waals surface area contributed by atoms with Crippen LogP contribution in [0.4, 0.5) is 10.1 Å². The van der Waals surface area contributed by atoms with Crippen molar-refractivity contribution in [3.63, 3.8) is 0 Å². The molecule has 32 heavy (non-hydrogen) atoms. The molecule has 3 aliphatic rings. The van der Waals surface area contributed by atoms with Crippen molar-refractivity contribution >= 4 is 17.5 Å². The molecule has 0 aliphatic carbocycles. The number of piperazine rings is 1. The minimum atomic E-state index is -0.390. The number of rotatable bonds is 4. The van der Waals surface area contributed by atoms with E-state index in [0.29, 0.717) is 25.2 Å². The Hall–Kier alpha value is -2.93. The zero-order valence-electron chi connectivity index (χ0n) is 18.3. The molecule has 2 amide bonds. The topological polar surface area (TPSA) is 47.1 Å². The van der Waals surface area contributed by atoms with E-state index in [0.717, 1.165) is 63.4 Å². The molecule has 2 aromatic carbocycles. The van der Waals surface area contributed by atoms with Crippen LogP contribution >= 0.6 is 0 Å². The van der Waals surface area contributed by atoms with E-state index in [1.54, 1.807) is 17.0 Å². The fourth-order valence-electron chi connectivity index (χ4n) is 5.10. The maximum absolute atomic E-state index is 13.4. The molecule has 0 N–H and O–H groups in total. The number of amides is 2. The van der Waals surface area contributed by atoms with E-state index < -0.39 is 0 Å². The summed E-state index contributed by atoms with van der Waals surface area (Å²) in [5.74, 6) is -0.379. The van der Waals surface area contributed by atoms with Crippen LogP contribution < -0.4 is 4.90 Å². The first kappa shape index (κ1) is 20.9. The van der Waals surface area contributed by atoms with Gasteiger partial charge in [-0.3, -0.25) is 14.5 Å². The molecule has 3 aliphatic heterocycles. The number of para-hydroxylation sites is 1. The molecular weight excluding hydrogens is 407 g/mol. The van der Waals surface area contributed by atoms with E-state index >= 15 is 0 Å². The van der Waals surface area contributed by atoms with Gasteiger partial charge in [-0.1, -0.05) is 18.2 Å². The van der Waals surface area contributed by atoms with Crippen LogP contribution in [-0.2, 0) is 6.42 Å². The highest BCUT2D eigenvalue weighted by Gasteiger charge is 2.30. The van der Waals surface area contributed by atoms with Crippen molar-refractivity contribution < 1.29 is 14.0 Å². The minimum absolute atomic E-state index is 0.120. The van der Waals surface area contributed by atoms with E-state index in [1.807, 2.05) is 17.0 Å². The summed E-state index contributed by atoms with van der Waals surface area (Å²) in [5.41, 5.74) is 3.68. The molecule has 0 atom stereocenters. The Morgan fingerprint density at radius 2 is 1.72 bits per heavy atom. The molecule has 0 unspecified atom stereocenters. The Morgan fingerprint density at radius 3 is 2.53 bits per heavy atom. The summed E-state index contributed by atoms with van der Waals surface area (Å²) >= 11 is 0. The lowest BCUT2D eigenvalue weighted by molar-refractivity contribution is 0.0606. The van der Waals surface area contributed by atoms with Crippen LogP contribution in [0.1, 0.15) is 32.7 Å². The Labute approximate surface area is 188 Å². The number of hydrogen-bond donors (Lipinski definition) is 0. The van der Waals surface area contributed by atoms with Gasteiger partial charge >= 0.3 is 0 Å². The van der Waals surface area contributed by atoms with Gasteiger partial charge in [0.2, 0.25) is 0 Å². The van der Waals surface area contributed by atoms with Crippen LogP contribution in [0.25, 0.3) is 0 Å². The van der Waals surface area contributed by atoms with Gasteiger partial charge in [0.15, 0.2) is 0 Å². The number of carbonyl (C=O) groups excluding carboxylic acids is 2. The number of nitrogens with zero attached hydrogens (tertiary/aromatic N) is 4. The van der Waals surface area contributed by atoms with Gasteiger partial charge < -0.3 is 14.7 Å². The first-order valence-electron chi connectivity index (χ1n) is 11.5. The SMILES string of the molecule is O=C(c1cccc(F)c1)N1CCN(CCN2CCN3CCCc4cccc(c43)C2=O)CC1. The van der Waals surface area contributed by atoms with Gasteiger partial charge in [0.05, 0.1) is 11.3 Å². The van der Waals surface area contributed by atoms with Crippen molar-refractivity contribution in [2.24, 2.45) is 0 Å². The summed E-state index contributed by atoms with van der Waals surface area (Å²) in [4.78, 5) is 34.4. The lowest BCUT2D eigenvalue weighted by atomic mass is 9.97. The number of hydrogen-bond acceptors (Lipinski definition) is 4. The Balaban J connectivity index is 1.17. The predicted octanol–water partition coefficient (Wildman–Crippen LogP) is 2.49. The third-order valence-corrected chi connectivity index (χ3v) is 6.88. The molecule has 0 aromatic heterocycles. The highest BCUT2D eigenvalue weighted by atomic mass is 19.1. The maximum Gasteiger partial charge on any atom is 0.256 e. The first-order chi connectivity index (χ1) is 15.6. The summed E-state index contributed by atoms with van der Waals surface area (Å²) in [5, 5.41) is 0. The van der Waals surface area contributed by atoms with Crippen LogP contribution in [0.3, 0.4) is 0 Å². The van der Waals surface area contributed by atoms with Gasteiger partial charge in [-0.05, 0) is 42.7 Å². The van der Waals surface area contributed by atoms with Gasteiger partial charge in [-0.15, -0.1) is 0 Å². The fraction of sp³-hybridized carbons (Fsp3) is 0.440. The van der Waals surface area contributed by atoms with E-state index in [1.165, 1.54) is 17.7 Å². The summed E-state index contributed by atoms with van der Waals surface area (Å²) in [6.07, 6.45) is 2.19. The number of halogens is 1. The Kier molecular flexibility index (Phi) is 5.83. The van der Waals surface area contributed by atoms with Gasteiger partial charge in [0.1, 0.15) is 5.82 Å². The Morgan fingerprint density at radius 1 is 0.906 bits per heavy atom. The molecule has 3 heterocycles. The molecular formula is C25H29FN4O2. The molecule has 168 valence electrons. The van der Waals surface area contributed by atoms with E-state index in [2.05, 4.69) is 15.9 Å². The quantitative estimate of drug-likeness (QED) is 0.739. The zero-order chi connectivity index (χ0) is 22.1. The van der Waals surface area contributed by atoms with Crippen molar-refractivity contribution in [2.45, 2.75) is 12.8 Å². The number of anilines is 1. The molecule has 6 nitrogen and oxygen atoms in total. The monoisotopic (exact) mass is 436 g/mol. The molecule has 0 saturated carbocycles. The van der Waals surface area contributed by atoms with Gasteiger partial charge in [-0.2, -0.15) is 0 Å². The maximum atomic E-state index is 13.4. The molecule has 1 fully saturated rings. The molecule has 7 heteroatoms. The van der Waals surface area contributed by atoms with Crippen molar-refractivity contribution in [2.75, 3.05) is 63.8 Å². The summed E-state index contributed by atoms with van der Waals surface area (Å²) in [6.45, 7) is 6.87. The van der Waals surface area contributed by atoms with E-state index in [4.69, 9.17) is 0 Å². The van der Waals surface area contributed by atoms with Crippen molar-refractivity contribution in [1.82, 2.24) is 14.7 Å². The second-order valence-electron chi connectivity index (χ2n) is 8.84. The smallest absolute Gasteiger partial charge is 0.256 e. The third-order valence-electron chi connectivity index (χ3n) is 6.88. The average molecular weight is 437 g/mol. The lowest BCUT2D eigenvalue weighted by Crippen LogP contribution is -2.50. The molecule has 0 spiro atoms. The van der Waals surface area contributed by atoms with Crippen LogP contribution in [-0.4, -0.2) is 85.4 Å². The second kappa shape index (κ2) is 8.90. The predicted molar refractivity (Wildman–Crippen MR) is 122 cm³/mol. The third kappa shape index (κ3) is 4.09. The van der Waals surface area contributed by atoms with Crippen LogP contribution in [0.5, 0.6) is 0 Å². The van der Waals surface area contributed by atoms with E-state index in [9.17, 15) is 14.0 Å². The van der Waals surface area contributed by atoms with Gasteiger partial charge in [0.25, 0.3) is 11.8 Å².